The van der Waals surface area contributed by atoms with E-state index >= 15 is 0 Å². The molecule has 6 rings (SSSR count). The smallest absolute Gasteiger partial charge is 0.363 e. The van der Waals surface area contributed by atoms with Crippen molar-refractivity contribution < 1.29 is 24.4 Å². The van der Waals surface area contributed by atoms with Gasteiger partial charge in [0.1, 0.15) is 5.82 Å². The molecule has 0 spiro atoms. The molecule has 332 valence electrons. The molecule has 3 aromatic heterocycles. The quantitative estimate of drug-likeness (QED) is 0.186. The molecule has 3 saturated heterocycles. The van der Waals surface area contributed by atoms with E-state index in [2.05, 4.69) is 48.6 Å². The maximum atomic E-state index is 10.7. The Morgan fingerprint density at radius 2 is 1.02 bits per heavy atom. The number of nitrogens with zero attached hydrogens (tertiary/aromatic N) is 11. The fraction of sp³-hybridized carbons (Fsp3) is 0.634. The van der Waals surface area contributed by atoms with Gasteiger partial charge >= 0.3 is 11.6 Å². The average molecular weight is 839 g/mol. The summed E-state index contributed by atoms with van der Waals surface area (Å²) in [5.41, 5.74) is 7.43. The summed E-state index contributed by atoms with van der Waals surface area (Å²) in [6.07, 6.45) is 10.8. The summed E-state index contributed by atoms with van der Waals surface area (Å²) in [6.45, 7) is 7.35. The molecule has 3 aliphatic heterocycles. The molecule has 3 aromatic rings. The molecule has 3 fully saturated rings. The topological polar surface area (TPSA) is 209 Å². The number of hydrogen-bond donors (Lipinski definition) is 2. The average Bonchev–Trinajstić information content (AvgIpc) is 3.21. The number of anilines is 4. The van der Waals surface area contributed by atoms with E-state index in [1.54, 1.807) is 25.4 Å². The third-order valence-electron chi connectivity index (χ3n) is 11.0. The summed E-state index contributed by atoms with van der Waals surface area (Å²) in [7, 11) is 15.7. The predicted octanol–water partition coefficient (Wildman–Crippen LogP) is 3.63. The number of nitro groups is 2. The van der Waals surface area contributed by atoms with E-state index in [1.165, 1.54) is 18.3 Å². The molecule has 0 radical (unpaired) electrons. The van der Waals surface area contributed by atoms with Gasteiger partial charge in [0.15, 0.2) is 12.4 Å². The zero-order valence-electron chi connectivity index (χ0n) is 36.7. The summed E-state index contributed by atoms with van der Waals surface area (Å²) in [4.78, 5) is 45.0. The minimum absolute atomic E-state index is 0.0941. The van der Waals surface area contributed by atoms with Crippen molar-refractivity contribution in [3.63, 3.8) is 0 Å². The number of pyridine rings is 3. The number of β-amino-alcohol motifs (C(OH)–C–C–N with tert-alkyl or cyclic N) is 1. The SMILES string of the molecule is CN(C)CC1(O)CCCN(c2ccc([N+](=O)[O-])nc2)C1.COC1(CN(C)C)CCCN(c2ccc(N)nc2)C1.COC1(CN(C)C)CCCN(c2ccc([N+](=O)[O-])nc2)C1. The van der Waals surface area contributed by atoms with Crippen molar-refractivity contribution in [2.45, 2.75) is 55.3 Å². The fourth-order valence-corrected chi connectivity index (χ4v) is 8.49. The first-order valence-corrected chi connectivity index (χ1v) is 20.3. The molecule has 0 aliphatic carbocycles. The van der Waals surface area contributed by atoms with E-state index in [9.17, 15) is 25.3 Å². The second-order valence-corrected chi connectivity index (χ2v) is 17.0. The molecular weight excluding hydrogens is 773 g/mol. The summed E-state index contributed by atoms with van der Waals surface area (Å²) in [5, 5.41) is 31.9. The normalized spacial score (nSPS) is 23.2. The highest BCUT2D eigenvalue weighted by molar-refractivity contribution is 5.50. The van der Waals surface area contributed by atoms with E-state index in [1.807, 2.05) is 63.4 Å². The van der Waals surface area contributed by atoms with Crippen molar-refractivity contribution in [2.24, 2.45) is 0 Å². The van der Waals surface area contributed by atoms with E-state index in [-0.39, 0.29) is 22.8 Å². The first kappa shape index (κ1) is 47.9. The monoisotopic (exact) mass is 839 g/mol. The molecule has 60 heavy (non-hydrogen) atoms. The van der Waals surface area contributed by atoms with Crippen LogP contribution in [0.3, 0.4) is 0 Å². The maximum absolute atomic E-state index is 10.7. The van der Waals surface area contributed by atoms with Gasteiger partial charge in [-0.15, -0.1) is 0 Å². The zero-order chi connectivity index (χ0) is 44.1. The number of hydrogen-bond acceptors (Lipinski definition) is 17. The highest BCUT2D eigenvalue weighted by Crippen LogP contribution is 2.31. The predicted molar refractivity (Wildman–Crippen MR) is 235 cm³/mol. The Kier molecular flexibility index (Phi) is 17.3. The third kappa shape index (κ3) is 13.9. The molecule has 6 heterocycles. The van der Waals surface area contributed by atoms with Crippen LogP contribution in [0, 0.1) is 20.2 Å². The lowest BCUT2D eigenvalue weighted by Crippen LogP contribution is -2.54. The molecule has 0 amide bonds. The number of methoxy groups -OCH3 is 2. The molecule has 3 unspecified atom stereocenters. The van der Waals surface area contributed by atoms with Crippen LogP contribution in [-0.2, 0) is 9.47 Å². The highest BCUT2D eigenvalue weighted by atomic mass is 16.6. The number of piperidine rings is 3. The van der Waals surface area contributed by atoms with Crippen molar-refractivity contribution in [1.82, 2.24) is 29.7 Å². The number of nitrogens with two attached hydrogens (primary N) is 1. The van der Waals surface area contributed by atoms with Gasteiger partial charge in [-0.2, -0.15) is 0 Å². The molecule has 0 aromatic carbocycles. The molecular formula is C41H66N12O7. The molecule has 3 atom stereocenters. The van der Waals surface area contributed by atoms with Crippen molar-refractivity contribution >= 4 is 34.5 Å². The Morgan fingerprint density at radius 3 is 1.35 bits per heavy atom. The second kappa shape index (κ2) is 21.6. The Hall–Kier alpha value is -4.79. The van der Waals surface area contributed by atoms with Gasteiger partial charge in [0.2, 0.25) is 0 Å². The van der Waals surface area contributed by atoms with Gasteiger partial charge in [-0.05, 0) is 125 Å². The molecule has 3 N–H and O–H groups in total. The maximum Gasteiger partial charge on any atom is 0.363 e. The lowest BCUT2D eigenvalue weighted by atomic mass is 9.91. The number of rotatable bonds is 13. The highest BCUT2D eigenvalue weighted by Gasteiger charge is 2.38. The lowest BCUT2D eigenvalue weighted by molar-refractivity contribution is -0.389. The number of nitrogen functional groups attached to an aromatic ring is 1. The van der Waals surface area contributed by atoms with Crippen LogP contribution in [0.15, 0.2) is 55.0 Å². The lowest BCUT2D eigenvalue weighted by Gasteiger charge is -2.44. The van der Waals surface area contributed by atoms with E-state index in [0.717, 1.165) is 101 Å². The van der Waals surface area contributed by atoms with Crippen LogP contribution in [0.5, 0.6) is 0 Å². The first-order chi connectivity index (χ1) is 28.4. The summed E-state index contributed by atoms with van der Waals surface area (Å²) >= 11 is 0. The van der Waals surface area contributed by atoms with Crippen LogP contribution >= 0.6 is 0 Å². The Labute approximate surface area is 354 Å². The molecule has 0 bridgehead atoms. The number of likely N-dealkylation sites (N-methyl/N-ethyl adjacent to an activating group) is 3. The summed E-state index contributed by atoms with van der Waals surface area (Å²) in [5.74, 6) is 0.281. The minimum atomic E-state index is -0.747. The Balaban J connectivity index is 0.000000199. The van der Waals surface area contributed by atoms with E-state index in [4.69, 9.17) is 15.2 Å². The molecule has 0 saturated carbocycles. The molecule has 19 nitrogen and oxygen atoms in total. The van der Waals surface area contributed by atoms with Gasteiger partial charge < -0.3 is 69.9 Å². The van der Waals surface area contributed by atoms with Gasteiger partial charge in [-0.25, -0.2) is 4.98 Å². The molecule has 19 heteroatoms. The Bertz CT molecular complexity index is 1790. The number of aliphatic hydroxyl groups is 1. The van der Waals surface area contributed by atoms with Gasteiger partial charge in [0.25, 0.3) is 0 Å². The van der Waals surface area contributed by atoms with E-state index in [0.29, 0.717) is 18.9 Å². The second-order valence-electron chi connectivity index (χ2n) is 17.0. The van der Waals surface area contributed by atoms with Crippen LogP contribution in [0.2, 0.25) is 0 Å². The van der Waals surface area contributed by atoms with Gasteiger partial charge in [0.05, 0.1) is 40.1 Å². The standard InChI is InChI=1S/C14H22N4O3.C14H24N4O.C13H20N4O3/c1-16(2)10-14(21-3)7-4-8-17(11-14)12-5-6-13(15-9-12)18(19)20;1-17(2)10-14(19-3)7-4-8-18(11-14)12-5-6-13(15)16-9-12;1-15(2)9-13(18)6-3-7-16(10-13)11-4-5-12(14-8-11)17(19)20/h5-6,9H,4,7-8,10-11H2,1-3H3;5-6,9H,4,7-8,10-11H2,1-3H3,(H2,15,16);4-5,8,18H,3,6-7,9-10H2,1-2H3. The van der Waals surface area contributed by atoms with Crippen LogP contribution in [0.4, 0.5) is 34.5 Å². The Morgan fingerprint density at radius 1 is 0.633 bits per heavy atom. The number of aromatic nitrogens is 3. The minimum Gasteiger partial charge on any atom is -0.387 e. The van der Waals surface area contributed by atoms with Crippen LogP contribution < -0.4 is 20.4 Å². The van der Waals surface area contributed by atoms with Gasteiger partial charge in [0, 0.05) is 85.3 Å². The van der Waals surface area contributed by atoms with Crippen molar-refractivity contribution in [3.8, 4) is 0 Å². The first-order valence-electron chi connectivity index (χ1n) is 20.3. The summed E-state index contributed by atoms with van der Waals surface area (Å²) in [6, 6.07) is 10.2. The fourth-order valence-electron chi connectivity index (χ4n) is 8.49. The van der Waals surface area contributed by atoms with Crippen LogP contribution in [0.25, 0.3) is 0 Å². The third-order valence-corrected chi connectivity index (χ3v) is 11.0. The van der Waals surface area contributed by atoms with E-state index < -0.39 is 15.4 Å². The zero-order valence-corrected chi connectivity index (χ0v) is 36.7. The van der Waals surface area contributed by atoms with Crippen LogP contribution in [-0.4, -0.2) is 177 Å². The van der Waals surface area contributed by atoms with Crippen molar-refractivity contribution in [1.29, 1.82) is 0 Å². The largest absolute Gasteiger partial charge is 0.387 e. The summed E-state index contributed by atoms with van der Waals surface area (Å²) < 4.78 is 11.6. The number of ether oxygens (including phenoxy) is 2. The van der Waals surface area contributed by atoms with Gasteiger partial charge in [-0.3, -0.25) is 0 Å². The van der Waals surface area contributed by atoms with Crippen LogP contribution in [0.1, 0.15) is 38.5 Å². The van der Waals surface area contributed by atoms with Crippen molar-refractivity contribution in [3.05, 3.63) is 75.2 Å². The van der Waals surface area contributed by atoms with Gasteiger partial charge in [-0.1, -0.05) is 0 Å². The molecule has 3 aliphatic rings. The van der Waals surface area contributed by atoms with Crippen molar-refractivity contribution in [2.75, 3.05) is 136 Å².